The molecule has 2 rings (SSSR count). The summed E-state index contributed by atoms with van der Waals surface area (Å²) in [6, 6.07) is 12.1. The molecule has 0 aliphatic carbocycles. The van der Waals surface area contributed by atoms with E-state index in [0.717, 1.165) is 11.1 Å². The number of anilines is 1. The molecule has 19 heavy (non-hydrogen) atoms. The Morgan fingerprint density at radius 1 is 1.26 bits per heavy atom. The number of para-hydroxylation sites is 1. The number of rotatable bonds is 3. The van der Waals surface area contributed by atoms with Crippen LogP contribution in [0.25, 0.3) is 0 Å². The second-order valence-corrected chi connectivity index (χ2v) is 4.73. The fraction of sp³-hybridized carbons (Fsp3) is 0.133. The van der Waals surface area contributed by atoms with Gasteiger partial charge in [-0.2, -0.15) is 0 Å². The zero-order valence-electron chi connectivity index (χ0n) is 10.5. The van der Waals surface area contributed by atoms with Crippen molar-refractivity contribution in [2.45, 2.75) is 13.3 Å². The normalized spacial score (nSPS) is 10.2. The zero-order chi connectivity index (χ0) is 13.8. The van der Waals surface area contributed by atoms with Crippen molar-refractivity contribution in [3.05, 3.63) is 58.6 Å². The molecule has 0 aliphatic heterocycles. The Labute approximate surface area is 116 Å². The Kier molecular flexibility index (Phi) is 4.07. The van der Waals surface area contributed by atoms with Gasteiger partial charge in [0.2, 0.25) is 5.91 Å². The van der Waals surface area contributed by atoms with Crippen LogP contribution in [0, 0.1) is 6.92 Å². The van der Waals surface area contributed by atoms with Gasteiger partial charge in [0.25, 0.3) is 0 Å². The lowest BCUT2D eigenvalue weighted by Gasteiger charge is -2.10. The summed E-state index contributed by atoms with van der Waals surface area (Å²) in [7, 11) is 0. The number of benzene rings is 2. The predicted octanol–water partition coefficient (Wildman–Crippen LogP) is 3.54. The summed E-state index contributed by atoms with van der Waals surface area (Å²) in [4.78, 5) is 11.9. The maximum Gasteiger partial charge on any atom is 0.228 e. The predicted molar refractivity (Wildman–Crippen MR) is 76.6 cm³/mol. The van der Waals surface area contributed by atoms with Crippen molar-refractivity contribution in [2.24, 2.45) is 0 Å². The molecule has 0 saturated heterocycles. The lowest BCUT2D eigenvalue weighted by Crippen LogP contribution is -2.15. The molecule has 98 valence electrons. The van der Waals surface area contributed by atoms with Gasteiger partial charge in [-0.3, -0.25) is 4.79 Å². The van der Waals surface area contributed by atoms with Gasteiger partial charge in [-0.1, -0.05) is 35.9 Å². The molecule has 2 aromatic rings. The van der Waals surface area contributed by atoms with E-state index in [-0.39, 0.29) is 18.1 Å². The minimum absolute atomic E-state index is 0.152. The van der Waals surface area contributed by atoms with Gasteiger partial charge in [-0.25, -0.2) is 0 Å². The molecule has 0 saturated carbocycles. The van der Waals surface area contributed by atoms with Gasteiger partial charge < -0.3 is 10.4 Å². The average molecular weight is 276 g/mol. The van der Waals surface area contributed by atoms with Crippen molar-refractivity contribution >= 4 is 23.2 Å². The summed E-state index contributed by atoms with van der Waals surface area (Å²) in [6.07, 6.45) is 0.194. The molecule has 0 spiro atoms. The first kappa shape index (κ1) is 13.4. The molecule has 0 heterocycles. The molecule has 4 heteroatoms. The topological polar surface area (TPSA) is 49.3 Å². The van der Waals surface area contributed by atoms with E-state index in [2.05, 4.69) is 5.32 Å². The van der Waals surface area contributed by atoms with Crippen LogP contribution >= 0.6 is 11.6 Å². The molecule has 0 radical (unpaired) electrons. The summed E-state index contributed by atoms with van der Waals surface area (Å²) >= 11 is 6.05. The van der Waals surface area contributed by atoms with Crippen molar-refractivity contribution in [1.29, 1.82) is 0 Å². The van der Waals surface area contributed by atoms with E-state index in [9.17, 15) is 9.90 Å². The number of halogens is 1. The number of aromatic hydroxyl groups is 1. The number of carbonyl (C=O) groups excluding carboxylic acids is 1. The monoisotopic (exact) mass is 275 g/mol. The van der Waals surface area contributed by atoms with Gasteiger partial charge in [-0.05, 0) is 36.2 Å². The molecule has 3 nitrogen and oxygen atoms in total. The minimum Gasteiger partial charge on any atom is -0.508 e. The quantitative estimate of drug-likeness (QED) is 0.900. The molecular formula is C15H14ClNO2. The largest absolute Gasteiger partial charge is 0.508 e. The Morgan fingerprint density at radius 2 is 2.00 bits per heavy atom. The molecule has 2 aromatic carbocycles. The molecular weight excluding hydrogens is 262 g/mol. The van der Waals surface area contributed by atoms with Crippen LogP contribution in [-0.4, -0.2) is 11.0 Å². The van der Waals surface area contributed by atoms with Gasteiger partial charge in [0.05, 0.1) is 17.1 Å². The number of phenols is 1. The van der Waals surface area contributed by atoms with Crippen LogP contribution in [-0.2, 0) is 11.2 Å². The van der Waals surface area contributed by atoms with Crippen molar-refractivity contribution in [2.75, 3.05) is 5.32 Å². The van der Waals surface area contributed by atoms with E-state index in [1.807, 2.05) is 19.1 Å². The summed E-state index contributed by atoms with van der Waals surface area (Å²) in [6.45, 7) is 1.88. The molecule has 0 aliphatic rings. The zero-order valence-corrected chi connectivity index (χ0v) is 11.2. The third-order valence-corrected chi connectivity index (χ3v) is 3.08. The van der Waals surface area contributed by atoms with Gasteiger partial charge >= 0.3 is 0 Å². The summed E-state index contributed by atoms with van der Waals surface area (Å²) < 4.78 is 0. The Morgan fingerprint density at radius 3 is 2.68 bits per heavy atom. The Balaban J connectivity index is 2.10. The van der Waals surface area contributed by atoms with E-state index >= 15 is 0 Å². The Hall–Kier alpha value is -2.00. The number of amides is 1. The Bertz CT molecular complexity index is 591. The van der Waals surface area contributed by atoms with Crippen LogP contribution in [0.3, 0.4) is 0 Å². The van der Waals surface area contributed by atoms with E-state index in [0.29, 0.717) is 10.7 Å². The van der Waals surface area contributed by atoms with E-state index in [1.165, 1.54) is 0 Å². The number of carbonyl (C=O) groups is 1. The standard InChI is InChI=1S/C15H14ClNO2/c1-10-4-2-7-13(16)15(10)17-14(19)9-11-5-3-6-12(18)8-11/h2-8,18H,9H2,1H3,(H,17,19). The first-order valence-electron chi connectivity index (χ1n) is 5.89. The van der Waals surface area contributed by atoms with Crippen molar-refractivity contribution in [1.82, 2.24) is 0 Å². The molecule has 0 unspecified atom stereocenters. The highest BCUT2D eigenvalue weighted by atomic mass is 35.5. The van der Waals surface area contributed by atoms with Gasteiger partial charge in [-0.15, -0.1) is 0 Å². The van der Waals surface area contributed by atoms with Crippen molar-refractivity contribution in [3.8, 4) is 5.75 Å². The first-order chi connectivity index (χ1) is 9.06. The summed E-state index contributed by atoms with van der Waals surface area (Å²) in [5, 5.41) is 12.7. The van der Waals surface area contributed by atoms with E-state index in [4.69, 9.17) is 11.6 Å². The third-order valence-electron chi connectivity index (χ3n) is 2.76. The van der Waals surface area contributed by atoms with Crippen LogP contribution in [0.1, 0.15) is 11.1 Å². The molecule has 0 bridgehead atoms. The fourth-order valence-corrected chi connectivity index (χ4v) is 2.09. The molecule has 0 fully saturated rings. The molecule has 2 N–H and O–H groups in total. The van der Waals surface area contributed by atoms with Crippen LogP contribution in [0.5, 0.6) is 5.75 Å². The van der Waals surface area contributed by atoms with Crippen molar-refractivity contribution in [3.63, 3.8) is 0 Å². The van der Waals surface area contributed by atoms with Crippen LogP contribution in [0.4, 0.5) is 5.69 Å². The van der Waals surface area contributed by atoms with E-state index < -0.39 is 0 Å². The smallest absolute Gasteiger partial charge is 0.228 e. The summed E-state index contributed by atoms with van der Waals surface area (Å²) in [5.41, 5.74) is 2.30. The number of phenolic OH excluding ortho intramolecular Hbond substituents is 1. The molecule has 0 aromatic heterocycles. The van der Waals surface area contributed by atoms with Gasteiger partial charge in [0.15, 0.2) is 0 Å². The van der Waals surface area contributed by atoms with Gasteiger partial charge in [0.1, 0.15) is 5.75 Å². The lowest BCUT2D eigenvalue weighted by atomic mass is 10.1. The third kappa shape index (κ3) is 3.48. The SMILES string of the molecule is Cc1cccc(Cl)c1NC(=O)Cc1cccc(O)c1. The van der Waals surface area contributed by atoms with Crippen LogP contribution in [0.15, 0.2) is 42.5 Å². The minimum atomic E-state index is -0.165. The first-order valence-corrected chi connectivity index (χ1v) is 6.27. The highest BCUT2D eigenvalue weighted by molar-refractivity contribution is 6.33. The van der Waals surface area contributed by atoms with E-state index in [1.54, 1.807) is 30.3 Å². The average Bonchev–Trinajstić information content (AvgIpc) is 2.34. The number of nitrogens with one attached hydrogen (secondary N) is 1. The maximum atomic E-state index is 11.9. The highest BCUT2D eigenvalue weighted by Crippen LogP contribution is 2.25. The van der Waals surface area contributed by atoms with Crippen LogP contribution in [0.2, 0.25) is 5.02 Å². The number of hydrogen-bond acceptors (Lipinski definition) is 2. The number of aryl methyl sites for hydroxylation is 1. The van der Waals surface area contributed by atoms with Crippen LogP contribution < -0.4 is 5.32 Å². The second kappa shape index (κ2) is 5.76. The maximum absolute atomic E-state index is 11.9. The second-order valence-electron chi connectivity index (χ2n) is 4.33. The lowest BCUT2D eigenvalue weighted by molar-refractivity contribution is -0.115. The molecule has 1 amide bonds. The summed E-state index contributed by atoms with van der Waals surface area (Å²) in [5.74, 6) is -0.0129. The highest BCUT2D eigenvalue weighted by Gasteiger charge is 2.09. The van der Waals surface area contributed by atoms with Gasteiger partial charge in [0, 0.05) is 0 Å². The number of hydrogen-bond donors (Lipinski definition) is 2. The fourth-order valence-electron chi connectivity index (χ4n) is 1.83. The van der Waals surface area contributed by atoms with Crippen molar-refractivity contribution < 1.29 is 9.90 Å². The molecule has 0 atom stereocenters.